The van der Waals surface area contributed by atoms with E-state index in [9.17, 15) is 5.26 Å². The van der Waals surface area contributed by atoms with Crippen molar-refractivity contribution in [3.63, 3.8) is 0 Å². The van der Waals surface area contributed by atoms with E-state index in [2.05, 4.69) is 127 Å². The monoisotopic (exact) mass is 712 g/mol. The maximum atomic E-state index is 10.3. The summed E-state index contributed by atoms with van der Waals surface area (Å²) in [6.07, 6.45) is 0. The minimum Gasteiger partial charge on any atom is -0.208 e. The number of hydrogen-bond donors (Lipinski definition) is 0. The number of hydrogen-bond acceptors (Lipinski definition) is 4. The summed E-state index contributed by atoms with van der Waals surface area (Å²) in [6, 6.07) is 69.4. The summed E-state index contributed by atoms with van der Waals surface area (Å²) in [6.45, 7) is 0. The largest absolute Gasteiger partial charge is 0.208 e. The molecule has 56 heavy (non-hydrogen) atoms. The predicted molar refractivity (Wildman–Crippen MR) is 230 cm³/mol. The van der Waals surface area contributed by atoms with Crippen LogP contribution in [0.5, 0.6) is 0 Å². The van der Waals surface area contributed by atoms with E-state index in [-0.39, 0.29) is 0 Å². The van der Waals surface area contributed by atoms with Crippen LogP contribution in [0.15, 0.2) is 194 Å². The summed E-state index contributed by atoms with van der Waals surface area (Å²) in [5.41, 5.74) is 9.85. The van der Waals surface area contributed by atoms with E-state index in [0.717, 1.165) is 60.8 Å². The minimum absolute atomic E-state index is 0.622. The van der Waals surface area contributed by atoms with Gasteiger partial charge in [0, 0.05) is 16.7 Å². The van der Waals surface area contributed by atoms with E-state index in [0.29, 0.717) is 23.0 Å². The number of benzene rings is 9. The molecule has 0 atom stereocenters. The van der Waals surface area contributed by atoms with Gasteiger partial charge in [-0.3, -0.25) is 0 Å². The fraction of sp³-hybridized carbons (Fsp3) is 0. The van der Waals surface area contributed by atoms with Gasteiger partial charge in [-0.05, 0) is 90.0 Å². The van der Waals surface area contributed by atoms with Crippen LogP contribution in [0.3, 0.4) is 0 Å². The maximum absolute atomic E-state index is 10.3. The molecule has 0 amide bonds. The Morgan fingerprint density at radius 3 is 1.27 bits per heavy atom. The molecule has 10 aromatic rings. The van der Waals surface area contributed by atoms with Crippen LogP contribution in [-0.2, 0) is 0 Å². The second-order valence-electron chi connectivity index (χ2n) is 13.9. The third-order valence-electron chi connectivity index (χ3n) is 10.5. The van der Waals surface area contributed by atoms with Crippen LogP contribution < -0.4 is 0 Å². The number of nitriles is 1. The normalized spacial score (nSPS) is 11.2. The Labute approximate surface area is 324 Å². The molecule has 0 saturated heterocycles. The minimum atomic E-state index is 0.622. The average molecular weight is 713 g/mol. The molecule has 0 fully saturated rings. The molecular formula is C52H32N4. The lowest BCUT2D eigenvalue weighted by molar-refractivity contribution is 1.07. The number of fused-ring (bicyclic) bond motifs is 4. The van der Waals surface area contributed by atoms with E-state index in [1.54, 1.807) is 0 Å². The Balaban J connectivity index is 1.06. The maximum Gasteiger partial charge on any atom is 0.164 e. The van der Waals surface area contributed by atoms with E-state index in [1.165, 1.54) is 21.5 Å². The third-order valence-corrected chi connectivity index (χ3v) is 10.5. The van der Waals surface area contributed by atoms with Crippen molar-refractivity contribution in [1.29, 1.82) is 5.26 Å². The second kappa shape index (κ2) is 13.9. The van der Waals surface area contributed by atoms with E-state index in [1.807, 2.05) is 72.8 Å². The van der Waals surface area contributed by atoms with Crippen molar-refractivity contribution in [2.45, 2.75) is 0 Å². The molecule has 4 heteroatoms. The number of rotatable bonds is 6. The first-order valence-corrected chi connectivity index (χ1v) is 18.7. The number of nitrogens with zero attached hydrogens (tertiary/aromatic N) is 4. The molecule has 4 nitrogen and oxygen atoms in total. The molecule has 1 heterocycles. The lowest BCUT2D eigenvalue weighted by Crippen LogP contribution is -2.00. The Morgan fingerprint density at radius 1 is 0.304 bits per heavy atom. The van der Waals surface area contributed by atoms with Gasteiger partial charge < -0.3 is 0 Å². The van der Waals surface area contributed by atoms with E-state index in [4.69, 9.17) is 15.0 Å². The molecule has 0 bridgehead atoms. The first kappa shape index (κ1) is 32.9. The van der Waals surface area contributed by atoms with Gasteiger partial charge in [-0.25, -0.2) is 15.0 Å². The molecular weight excluding hydrogens is 681 g/mol. The van der Waals surface area contributed by atoms with Crippen LogP contribution >= 0.6 is 0 Å². The zero-order valence-electron chi connectivity index (χ0n) is 30.3. The average Bonchev–Trinajstić information content (AvgIpc) is 3.28. The lowest BCUT2D eigenvalue weighted by Gasteiger charge is -2.15. The molecule has 0 spiro atoms. The van der Waals surface area contributed by atoms with Crippen molar-refractivity contribution >= 4 is 32.3 Å². The smallest absolute Gasteiger partial charge is 0.164 e. The summed E-state index contributed by atoms with van der Waals surface area (Å²) >= 11 is 0. The summed E-state index contributed by atoms with van der Waals surface area (Å²) in [4.78, 5) is 14.7. The molecule has 0 unspecified atom stereocenters. The van der Waals surface area contributed by atoms with Crippen molar-refractivity contribution < 1.29 is 0 Å². The standard InChI is InChI=1S/C52H32N4/c53-33-34-29-40(31-41(30-34)49-32-39-17-7-8-18-42(39)45-19-11-12-22-48(45)49)44-28-27-43(46-20-9-10-21-47(44)46)35-23-25-38(26-24-35)52-55-50(36-13-3-1-4-14-36)54-51(56-52)37-15-5-2-6-16-37/h1-32H. The summed E-state index contributed by atoms with van der Waals surface area (Å²) in [5, 5.41) is 17.3. The zero-order chi connectivity index (χ0) is 37.4. The van der Waals surface area contributed by atoms with Crippen LogP contribution in [0.2, 0.25) is 0 Å². The molecule has 0 N–H and O–H groups in total. The Hall–Kier alpha value is -7.74. The SMILES string of the molecule is N#Cc1cc(-c2ccc(-c3ccc(-c4nc(-c5ccccc5)nc(-c5ccccc5)n4)cc3)c3ccccc23)cc(-c2cc3ccccc3c3ccccc23)c1. The van der Waals surface area contributed by atoms with Gasteiger partial charge in [0.25, 0.3) is 0 Å². The first-order chi connectivity index (χ1) is 27.7. The third kappa shape index (κ3) is 5.94. The van der Waals surface area contributed by atoms with Crippen molar-refractivity contribution in [3.05, 3.63) is 200 Å². The van der Waals surface area contributed by atoms with Crippen LogP contribution in [0.1, 0.15) is 5.56 Å². The lowest BCUT2D eigenvalue weighted by atomic mass is 9.88. The van der Waals surface area contributed by atoms with Crippen LogP contribution in [0.25, 0.3) is 99.9 Å². The Morgan fingerprint density at radius 2 is 0.714 bits per heavy atom. The fourth-order valence-corrected chi connectivity index (χ4v) is 7.84. The van der Waals surface area contributed by atoms with Crippen molar-refractivity contribution in [1.82, 2.24) is 15.0 Å². The molecule has 9 aromatic carbocycles. The quantitative estimate of drug-likeness (QED) is 0.161. The van der Waals surface area contributed by atoms with Crippen LogP contribution in [0, 0.1) is 11.3 Å². The Kier molecular flexibility index (Phi) is 8.17. The highest BCUT2D eigenvalue weighted by atomic mass is 15.0. The number of aromatic nitrogens is 3. The summed E-state index contributed by atoms with van der Waals surface area (Å²) in [5.74, 6) is 1.90. The predicted octanol–water partition coefficient (Wildman–Crippen LogP) is 13.2. The van der Waals surface area contributed by atoms with Gasteiger partial charge in [-0.15, -0.1) is 0 Å². The highest BCUT2D eigenvalue weighted by Crippen LogP contribution is 2.40. The second-order valence-corrected chi connectivity index (χ2v) is 13.9. The van der Waals surface area contributed by atoms with Crippen molar-refractivity contribution in [2.75, 3.05) is 0 Å². The van der Waals surface area contributed by atoms with Crippen molar-refractivity contribution in [3.8, 4) is 73.6 Å². The molecule has 10 rings (SSSR count). The van der Waals surface area contributed by atoms with E-state index >= 15 is 0 Å². The molecule has 0 aliphatic rings. The molecule has 0 aliphatic heterocycles. The molecule has 0 aliphatic carbocycles. The van der Waals surface area contributed by atoms with Gasteiger partial charge in [-0.2, -0.15) is 5.26 Å². The highest BCUT2D eigenvalue weighted by Gasteiger charge is 2.16. The van der Waals surface area contributed by atoms with Gasteiger partial charge >= 0.3 is 0 Å². The fourth-order valence-electron chi connectivity index (χ4n) is 7.84. The van der Waals surface area contributed by atoms with Gasteiger partial charge in [0.2, 0.25) is 0 Å². The molecule has 0 saturated carbocycles. The van der Waals surface area contributed by atoms with Crippen LogP contribution in [0.4, 0.5) is 0 Å². The molecule has 260 valence electrons. The van der Waals surface area contributed by atoms with Gasteiger partial charge in [0.15, 0.2) is 17.5 Å². The van der Waals surface area contributed by atoms with Crippen LogP contribution in [-0.4, -0.2) is 15.0 Å². The first-order valence-electron chi connectivity index (χ1n) is 18.7. The highest BCUT2D eigenvalue weighted by molar-refractivity contribution is 6.14. The van der Waals surface area contributed by atoms with Gasteiger partial charge in [0.05, 0.1) is 11.6 Å². The Bertz CT molecular complexity index is 3070. The van der Waals surface area contributed by atoms with E-state index < -0.39 is 0 Å². The topological polar surface area (TPSA) is 62.5 Å². The van der Waals surface area contributed by atoms with Gasteiger partial charge in [-0.1, -0.05) is 170 Å². The van der Waals surface area contributed by atoms with Gasteiger partial charge in [0.1, 0.15) is 0 Å². The zero-order valence-corrected chi connectivity index (χ0v) is 30.3. The molecule has 0 radical (unpaired) electrons. The summed E-state index contributed by atoms with van der Waals surface area (Å²) in [7, 11) is 0. The van der Waals surface area contributed by atoms with Crippen molar-refractivity contribution in [2.24, 2.45) is 0 Å². The summed E-state index contributed by atoms with van der Waals surface area (Å²) < 4.78 is 0. The molecule has 1 aromatic heterocycles.